The van der Waals surface area contributed by atoms with Crippen molar-refractivity contribution in [2.45, 2.75) is 51.4 Å². The van der Waals surface area contributed by atoms with Crippen LogP contribution in [0.1, 0.15) is 51.4 Å². The third-order valence-corrected chi connectivity index (χ3v) is 5.19. The number of hydrogen-bond donors (Lipinski definition) is 0. The molecule has 2 heterocycles. The third-order valence-electron chi connectivity index (χ3n) is 5.19. The monoisotopic (exact) mass is 278 g/mol. The molecular formula is C16H26N2O2. The third kappa shape index (κ3) is 3.15. The minimum Gasteiger partial charge on any atom is -0.343 e. The molecule has 0 spiro atoms. The summed E-state index contributed by atoms with van der Waals surface area (Å²) < 4.78 is 0. The Labute approximate surface area is 121 Å². The van der Waals surface area contributed by atoms with Crippen LogP contribution in [0.3, 0.4) is 0 Å². The first-order valence-electron chi connectivity index (χ1n) is 8.28. The second kappa shape index (κ2) is 6.15. The van der Waals surface area contributed by atoms with Crippen molar-refractivity contribution >= 4 is 11.8 Å². The summed E-state index contributed by atoms with van der Waals surface area (Å²) in [5.41, 5.74) is 0. The van der Waals surface area contributed by atoms with Crippen LogP contribution in [0, 0.1) is 11.8 Å². The highest BCUT2D eigenvalue weighted by Crippen LogP contribution is 2.34. The van der Waals surface area contributed by atoms with E-state index in [4.69, 9.17) is 0 Å². The summed E-state index contributed by atoms with van der Waals surface area (Å²) in [4.78, 5) is 27.8. The van der Waals surface area contributed by atoms with Crippen molar-refractivity contribution in [1.29, 1.82) is 0 Å². The molecule has 3 rings (SSSR count). The molecule has 4 nitrogen and oxygen atoms in total. The second-order valence-corrected chi connectivity index (χ2v) is 6.79. The lowest BCUT2D eigenvalue weighted by Gasteiger charge is -2.41. The van der Waals surface area contributed by atoms with E-state index >= 15 is 0 Å². The number of carbonyl (C=O) groups is 2. The maximum Gasteiger partial charge on any atom is 0.222 e. The fraction of sp³-hybridized carbons (Fsp3) is 0.875. The molecule has 0 aromatic rings. The largest absolute Gasteiger partial charge is 0.343 e. The topological polar surface area (TPSA) is 40.6 Å². The minimum absolute atomic E-state index is 0.268. The van der Waals surface area contributed by atoms with Crippen LogP contribution in [0.4, 0.5) is 0 Å². The highest BCUT2D eigenvalue weighted by molar-refractivity contribution is 5.78. The van der Waals surface area contributed by atoms with Crippen LogP contribution in [-0.2, 0) is 9.59 Å². The van der Waals surface area contributed by atoms with Gasteiger partial charge in [-0.05, 0) is 43.9 Å². The number of piperidine rings is 1. The average Bonchev–Trinajstić information content (AvgIpc) is 2.84. The summed E-state index contributed by atoms with van der Waals surface area (Å²) in [5, 5.41) is 0. The van der Waals surface area contributed by atoms with Gasteiger partial charge in [-0.1, -0.05) is 6.42 Å². The van der Waals surface area contributed by atoms with Crippen LogP contribution in [0.5, 0.6) is 0 Å². The van der Waals surface area contributed by atoms with Gasteiger partial charge in [-0.25, -0.2) is 0 Å². The zero-order valence-corrected chi connectivity index (χ0v) is 12.4. The number of likely N-dealkylation sites (tertiary alicyclic amines) is 2. The maximum absolute atomic E-state index is 12.3. The van der Waals surface area contributed by atoms with E-state index in [1.807, 2.05) is 4.90 Å². The zero-order valence-electron chi connectivity index (χ0n) is 12.4. The number of fused-ring (bicyclic) bond motifs is 2. The van der Waals surface area contributed by atoms with E-state index in [1.165, 1.54) is 25.7 Å². The Hall–Kier alpha value is -1.06. The van der Waals surface area contributed by atoms with Crippen LogP contribution in [-0.4, -0.2) is 47.8 Å². The molecule has 0 aromatic carbocycles. The van der Waals surface area contributed by atoms with Gasteiger partial charge in [0.15, 0.2) is 0 Å². The van der Waals surface area contributed by atoms with E-state index in [0.717, 1.165) is 50.9 Å². The number of rotatable bonds is 4. The molecule has 2 amide bonds. The van der Waals surface area contributed by atoms with E-state index < -0.39 is 0 Å². The number of hydrogen-bond acceptors (Lipinski definition) is 2. The van der Waals surface area contributed by atoms with E-state index in [2.05, 4.69) is 4.90 Å². The summed E-state index contributed by atoms with van der Waals surface area (Å²) in [7, 11) is 0. The van der Waals surface area contributed by atoms with Gasteiger partial charge in [-0.2, -0.15) is 0 Å². The molecule has 1 aliphatic carbocycles. The molecule has 3 fully saturated rings. The molecule has 2 aliphatic heterocycles. The van der Waals surface area contributed by atoms with Crippen molar-refractivity contribution in [3.8, 4) is 0 Å². The molecule has 1 saturated carbocycles. The Morgan fingerprint density at radius 2 is 1.90 bits per heavy atom. The molecule has 2 unspecified atom stereocenters. The number of carbonyl (C=O) groups excluding carboxylic acids is 2. The molecule has 0 radical (unpaired) electrons. The van der Waals surface area contributed by atoms with Crippen LogP contribution in [0.25, 0.3) is 0 Å². The molecule has 20 heavy (non-hydrogen) atoms. The number of nitrogens with zero attached hydrogens (tertiary/aromatic N) is 2. The zero-order chi connectivity index (χ0) is 13.9. The quantitative estimate of drug-likeness (QED) is 0.789. The molecule has 4 heteroatoms. The maximum atomic E-state index is 12.3. The van der Waals surface area contributed by atoms with Crippen LogP contribution >= 0.6 is 0 Å². The van der Waals surface area contributed by atoms with Gasteiger partial charge in [-0.15, -0.1) is 0 Å². The fourth-order valence-corrected chi connectivity index (χ4v) is 4.16. The molecule has 0 N–H and O–H groups in total. The van der Waals surface area contributed by atoms with Gasteiger partial charge in [0.1, 0.15) is 0 Å². The standard InChI is InChI=1S/C16H26N2O2/c19-15-6-2-8-17(15)9-3-7-16(20)18-11-13-4-1-5-14(10-13)12-18/h13-14H,1-12H2. The lowest BCUT2D eigenvalue weighted by atomic mass is 9.78. The smallest absolute Gasteiger partial charge is 0.222 e. The first kappa shape index (κ1) is 13.9. The Kier molecular flexibility index (Phi) is 4.27. The molecule has 2 atom stereocenters. The van der Waals surface area contributed by atoms with Gasteiger partial charge in [0.05, 0.1) is 0 Å². The molecular weight excluding hydrogens is 252 g/mol. The lowest BCUT2D eigenvalue weighted by molar-refractivity contribution is -0.135. The van der Waals surface area contributed by atoms with Crippen molar-refractivity contribution in [3.63, 3.8) is 0 Å². The lowest BCUT2D eigenvalue weighted by Crippen LogP contribution is -2.45. The van der Waals surface area contributed by atoms with Crippen LogP contribution in [0.15, 0.2) is 0 Å². The van der Waals surface area contributed by atoms with E-state index in [0.29, 0.717) is 18.7 Å². The Balaban J connectivity index is 1.41. The van der Waals surface area contributed by atoms with Crippen molar-refractivity contribution < 1.29 is 9.59 Å². The van der Waals surface area contributed by atoms with Crippen molar-refractivity contribution in [1.82, 2.24) is 9.80 Å². The summed E-state index contributed by atoms with van der Waals surface area (Å²) in [6, 6.07) is 0. The molecule has 0 aromatic heterocycles. The average molecular weight is 278 g/mol. The number of amides is 2. The first-order valence-corrected chi connectivity index (χ1v) is 8.28. The Morgan fingerprint density at radius 3 is 2.55 bits per heavy atom. The molecule has 112 valence electrons. The van der Waals surface area contributed by atoms with Crippen molar-refractivity contribution in [3.05, 3.63) is 0 Å². The predicted octanol–water partition coefficient (Wildman–Crippen LogP) is 2.04. The minimum atomic E-state index is 0.268. The van der Waals surface area contributed by atoms with E-state index in [-0.39, 0.29) is 5.91 Å². The summed E-state index contributed by atoms with van der Waals surface area (Å²) in [5.74, 6) is 2.09. The van der Waals surface area contributed by atoms with Gasteiger partial charge >= 0.3 is 0 Å². The summed E-state index contributed by atoms with van der Waals surface area (Å²) >= 11 is 0. The van der Waals surface area contributed by atoms with Gasteiger partial charge in [-0.3, -0.25) is 9.59 Å². The van der Waals surface area contributed by atoms with Gasteiger partial charge < -0.3 is 9.80 Å². The van der Waals surface area contributed by atoms with Crippen LogP contribution < -0.4 is 0 Å². The van der Waals surface area contributed by atoms with Crippen LogP contribution in [0.2, 0.25) is 0 Å². The van der Waals surface area contributed by atoms with Crippen molar-refractivity contribution in [2.75, 3.05) is 26.2 Å². The highest BCUT2D eigenvalue weighted by Gasteiger charge is 2.32. The molecule has 2 saturated heterocycles. The van der Waals surface area contributed by atoms with E-state index in [1.54, 1.807) is 0 Å². The summed E-state index contributed by atoms with van der Waals surface area (Å²) in [6.45, 7) is 3.63. The summed E-state index contributed by atoms with van der Waals surface area (Å²) in [6.07, 6.45) is 8.44. The van der Waals surface area contributed by atoms with Gasteiger partial charge in [0.2, 0.25) is 11.8 Å². The first-order chi connectivity index (χ1) is 9.72. The Bertz CT molecular complexity index is 371. The highest BCUT2D eigenvalue weighted by atomic mass is 16.2. The fourth-order valence-electron chi connectivity index (χ4n) is 4.16. The van der Waals surface area contributed by atoms with Crippen molar-refractivity contribution in [2.24, 2.45) is 11.8 Å². The predicted molar refractivity (Wildman–Crippen MR) is 77.1 cm³/mol. The second-order valence-electron chi connectivity index (χ2n) is 6.79. The molecule has 3 aliphatic rings. The van der Waals surface area contributed by atoms with Gasteiger partial charge in [0, 0.05) is 39.0 Å². The Morgan fingerprint density at radius 1 is 1.15 bits per heavy atom. The normalized spacial score (nSPS) is 29.9. The molecule has 2 bridgehead atoms. The van der Waals surface area contributed by atoms with E-state index in [9.17, 15) is 9.59 Å². The van der Waals surface area contributed by atoms with Gasteiger partial charge in [0.25, 0.3) is 0 Å². The SMILES string of the molecule is O=C1CCCN1CCCC(=O)N1CC2CCCC(C2)C1.